The molecule has 6 nitrogen and oxygen atoms in total. The van der Waals surface area contributed by atoms with Crippen LogP contribution in [0.5, 0.6) is 0 Å². The van der Waals surface area contributed by atoms with Gasteiger partial charge in [0.15, 0.2) is 0 Å². The third-order valence-corrected chi connectivity index (χ3v) is 4.96. The Hall–Kier alpha value is -2.57. The SMILES string of the molecule is C[C@@H](NC(=O)CCC(=O)N[C@@H](Cc1ccc(Cl)cc1Cl)C(N)=O)c1ccccc1. The molecular weight excluding hydrogens is 413 g/mol. The minimum atomic E-state index is -0.938. The lowest BCUT2D eigenvalue weighted by molar-refractivity contribution is -0.129. The number of benzene rings is 2. The Kier molecular flexibility index (Phi) is 8.49. The van der Waals surface area contributed by atoms with Crippen LogP contribution in [-0.4, -0.2) is 23.8 Å². The van der Waals surface area contributed by atoms with Crippen molar-refractivity contribution < 1.29 is 14.4 Å². The molecule has 2 rings (SSSR count). The van der Waals surface area contributed by atoms with E-state index in [0.29, 0.717) is 15.6 Å². The van der Waals surface area contributed by atoms with Gasteiger partial charge < -0.3 is 16.4 Å². The van der Waals surface area contributed by atoms with Gasteiger partial charge in [0, 0.05) is 29.3 Å². The molecule has 0 saturated heterocycles. The molecule has 0 aliphatic carbocycles. The predicted octanol–water partition coefficient (Wildman–Crippen LogP) is 3.16. The van der Waals surface area contributed by atoms with Gasteiger partial charge in [-0.3, -0.25) is 14.4 Å². The second-order valence-corrected chi connectivity index (χ2v) is 7.51. The van der Waals surface area contributed by atoms with Crippen LogP contribution < -0.4 is 16.4 Å². The second-order valence-electron chi connectivity index (χ2n) is 6.66. The van der Waals surface area contributed by atoms with E-state index < -0.39 is 17.9 Å². The van der Waals surface area contributed by atoms with Crippen LogP contribution in [0.1, 0.15) is 36.9 Å². The maximum Gasteiger partial charge on any atom is 0.240 e. The molecule has 8 heteroatoms. The molecule has 0 aliphatic heterocycles. The number of hydrogen-bond acceptors (Lipinski definition) is 3. The molecule has 0 fully saturated rings. The molecule has 29 heavy (non-hydrogen) atoms. The number of nitrogens with two attached hydrogens (primary N) is 1. The Morgan fingerprint density at radius 2 is 1.59 bits per heavy atom. The van der Waals surface area contributed by atoms with Crippen molar-refractivity contribution in [2.75, 3.05) is 0 Å². The number of amides is 3. The standard InChI is InChI=1S/C21H23Cl2N3O3/c1-13(14-5-3-2-4-6-14)25-19(27)9-10-20(28)26-18(21(24)29)11-15-7-8-16(22)12-17(15)23/h2-8,12-13,18H,9-11H2,1H3,(H2,24,29)(H,25,27)(H,26,28)/t13-,18+/m1/s1. The van der Waals surface area contributed by atoms with Gasteiger partial charge in [-0.25, -0.2) is 0 Å². The smallest absolute Gasteiger partial charge is 0.240 e. The lowest BCUT2D eigenvalue weighted by Gasteiger charge is -2.17. The van der Waals surface area contributed by atoms with E-state index in [2.05, 4.69) is 10.6 Å². The van der Waals surface area contributed by atoms with Crippen LogP contribution in [0.3, 0.4) is 0 Å². The first-order chi connectivity index (χ1) is 13.8. The van der Waals surface area contributed by atoms with E-state index in [1.54, 1.807) is 18.2 Å². The average Bonchev–Trinajstić information content (AvgIpc) is 2.68. The van der Waals surface area contributed by atoms with Crippen LogP contribution in [0.15, 0.2) is 48.5 Å². The molecule has 0 radical (unpaired) electrons. The third kappa shape index (κ3) is 7.40. The Labute approximate surface area is 179 Å². The Bertz CT molecular complexity index is 875. The van der Waals surface area contributed by atoms with Gasteiger partial charge in [-0.1, -0.05) is 59.6 Å². The van der Waals surface area contributed by atoms with Crippen molar-refractivity contribution >= 4 is 40.9 Å². The number of rotatable bonds is 9. The molecule has 0 heterocycles. The summed E-state index contributed by atoms with van der Waals surface area (Å²) in [7, 11) is 0. The van der Waals surface area contributed by atoms with Crippen molar-refractivity contribution in [3.05, 3.63) is 69.7 Å². The highest BCUT2D eigenvalue weighted by Gasteiger charge is 2.20. The fourth-order valence-electron chi connectivity index (χ4n) is 2.76. The van der Waals surface area contributed by atoms with Gasteiger partial charge in [-0.15, -0.1) is 0 Å². The first kappa shape index (κ1) is 22.7. The molecule has 154 valence electrons. The predicted molar refractivity (Wildman–Crippen MR) is 114 cm³/mol. The van der Waals surface area contributed by atoms with Crippen LogP contribution in [0, 0.1) is 0 Å². The van der Waals surface area contributed by atoms with Crippen LogP contribution in [-0.2, 0) is 20.8 Å². The summed E-state index contributed by atoms with van der Waals surface area (Å²) in [6.07, 6.45) is 0.0655. The molecule has 2 atom stereocenters. The summed E-state index contributed by atoms with van der Waals surface area (Å²) < 4.78 is 0. The van der Waals surface area contributed by atoms with Crippen LogP contribution in [0.4, 0.5) is 0 Å². The minimum Gasteiger partial charge on any atom is -0.368 e. The topological polar surface area (TPSA) is 101 Å². The van der Waals surface area contributed by atoms with E-state index in [1.165, 1.54) is 0 Å². The quantitative estimate of drug-likeness (QED) is 0.563. The first-order valence-corrected chi connectivity index (χ1v) is 9.88. The zero-order chi connectivity index (χ0) is 21.4. The second kappa shape index (κ2) is 10.8. The van der Waals surface area contributed by atoms with E-state index >= 15 is 0 Å². The van der Waals surface area contributed by atoms with E-state index in [1.807, 2.05) is 37.3 Å². The number of carbonyl (C=O) groups is 3. The lowest BCUT2D eigenvalue weighted by atomic mass is 10.0. The van der Waals surface area contributed by atoms with E-state index in [9.17, 15) is 14.4 Å². The summed E-state index contributed by atoms with van der Waals surface area (Å²) in [4.78, 5) is 36.0. The highest BCUT2D eigenvalue weighted by atomic mass is 35.5. The van der Waals surface area contributed by atoms with Crippen LogP contribution >= 0.6 is 23.2 Å². The number of halogens is 2. The molecule has 0 aliphatic rings. The van der Waals surface area contributed by atoms with Crippen LogP contribution in [0.2, 0.25) is 10.0 Å². The van der Waals surface area contributed by atoms with E-state index in [4.69, 9.17) is 28.9 Å². The van der Waals surface area contributed by atoms with Crippen molar-refractivity contribution in [3.8, 4) is 0 Å². The van der Waals surface area contributed by atoms with Gasteiger partial charge in [-0.05, 0) is 30.2 Å². The summed E-state index contributed by atoms with van der Waals surface area (Å²) in [5.74, 6) is -1.39. The fourth-order valence-corrected chi connectivity index (χ4v) is 3.25. The molecule has 4 N–H and O–H groups in total. The van der Waals surface area contributed by atoms with Gasteiger partial charge >= 0.3 is 0 Å². The van der Waals surface area contributed by atoms with Gasteiger partial charge in [0.1, 0.15) is 6.04 Å². The van der Waals surface area contributed by atoms with Crippen molar-refractivity contribution in [2.45, 2.75) is 38.3 Å². The van der Waals surface area contributed by atoms with Gasteiger partial charge in [0.05, 0.1) is 6.04 Å². The average molecular weight is 436 g/mol. The molecular formula is C21H23Cl2N3O3. The van der Waals surface area contributed by atoms with Crippen molar-refractivity contribution in [1.29, 1.82) is 0 Å². The molecule has 0 unspecified atom stereocenters. The van der Waals surface area contributed by atoms with E-state index in [0.717, 1.165) is 5.56 Å². The number of primary amides is 1. The lowest BCUT2D eigenvalue weighted by Crippen LogP contribution is -2.46. The summed E-state index contributed by atoms with van der Waals surface area (Å²) in [5, 5.41) is 6.25. The summed E-state index contributed by atoms with van der Waals surface area (Å²) in [6.45, 7) is 1.87. The van der Waals surface area contributed by atoms with Crippen molar-refractivity contribution in [2.24, 2.45) is 5.73 Å². The molecule has 0 spiro atoms. The molecule has 0 aromatic heterocycles. The highest BCUT2D eigenvalue weighted by Crippen LogP contribution is 2.22. The molecule has 2 aromatic rings. The highest BCUT2D eigenvalue weighted by molar-refractivity contribution is 6.35. The van der Waals surface area contributed by atoms with Crippen molar-refractivity contribution in [1.82, 2.24) is 10.6 Å². The third-order valence-electron chi connectivity index (χ3n) is 4.37. The summed E-state index contributed by atoms with van der Waals surface area (Å²) in [5.41, 5.74) is 7.00. The fraction of sp³-hybridized carbons (Fsp3) is 0.286. The van der Waals surface area contributed by atoms with Gasteiger partial charge in [-0.2, -0.15) is 0 Å². The Morgan fingerprint density at radius 3 is 2.17 bits per heavy atom. The van der Waals surface area contributed by atoms with Gasteiger partial charge in [0.2, 0.25) is 17.7 Å². The Morgan fingerprint density at radius 1 is 0.966 bits per heavy atom. The molecule has 0 bridgehead atoms. The molecule has 0 saturated carbocycles. The van der Waals surface area contributed by atoms with Gasteiger partial charge in [0.25, 0.3) is 0 Å². The normalized spacial score (nSPS) is 12.7. The zero-order valence-corrected chi connectivity index (χ0v) is 17.5. The Balaban J connectivity index is 1.85. The number of carbonyl (C=O) groups excluding carboxylic acids is 3. The maximum absolute atomic E-state index is 12.2. The number of hydrogen-bond donors (Lipinski definition) is 3. The van der Waals surface area contributed by atoms with E-state index in [-0.39, 0.29) is 31.2 Å². The zero-order valence-electron chi connectivity index (χ0n) is 16.0. The number of nitrogens with one attached hydrogen (secondary N) is 2. The minimum absolute atomic E-state index is 0.00378. The van der Waals surface area contributed by atoms with Crippen LogP contribution in [0.25, 0.3) is 0 Å². The first-order valence-electron chi connectivity index (χ1n) is 9.13. The molecule has 3 amide bonds. The maximum atomic E-state index is 12.2. The summed E-state index contributed by atoms with van der Waals surface area (Å²) in [6, 6.07) is 13.3. The monoisotopic (exact) mass is 435 g/mol. The largest absolute Gasteiger partial charge is 0.368 e. The van der Waals surface area contributed by atoms with Crippen molar-refractivity contribution in [3.63, 3.8) is 0 Å². The molecule has 2 aromatic carbocycles. The summed E-state index contributed by atoms with van der Waals surface area (Å²) >= 11 is 12.0.